The molecule has 0 radical (unpaired) electrons. The fraction of sp³-hybridized carbons (Fsp3) is 0.263. The van der Waals surface area contributed by atoms with E-state index in [9.17, 15) is 9.59 Å². The first-order chi connectivity index (χ1) is 13.1. The topological polar surface area (TPSA) is 86.3 Å². The van der Waals surface area contributed by atoms with Crippen LogP contribution in [0.5, 0.6) is 17.2 Å². The zero-order valence-electron chi connectivity index (χ0n) is 14.6. The van der Waals surface area contributed by atoms with Crippen LogP contribution in [0, 0.1) is 0 Å². The van der Waals surface area contributed by atoms with Crippen molar-refractivity contribution in [3.63, 3.8) is 0 Å². The Morgan fingerprint density at radius 2 is 2.07 bits per heavy atom. The quantitative estimate of drug-likeness (QED) is 0.868. The van der Waals surface area contributed by atoms with Gasteiger partial charge in [-0.05, 0) is 30.3 Å². The molecule has 4 rings (SSSR count). The number of cyclic esters (lactones) is 1. The van der Waals surface area contributed by atoms with Crippen molar-refractivity contribution in [2.45, 2.75) is 6.10 Å². The summed E-state index contributed by atoms with van der Waals surface area (Å²) in [4.78, 5) is 26.0. The number of carbonyl (C=O) groups excluding carboxylic acids is 2. The molecule has 2 aromatic rings. The van der Waals surface area contributed by atoms with Crippen molar-refractivity contribution in [1.29, 1.82) is 0 Å². The molecule has 27 heavy (non-hydrogen) atoms. The Bertz CT molecular complexity index is 884. The number of nitrogens with one attached hydrogen (secondary N) is 1. The molecule has 8 heteroatoms. The van der Waals surface area contributed by atoms with Gasteiger partial charge in [-0.1, -0.05) is 6.07 Å². The molecule has 1 fully saturated rings. The molecule has 2 aliphatic heterocycles. The van der Waals surface area contributed by atoms with E-state index >= 15 is 0 Å². The molecule has 2 heterocycles. The van der Waals surface area contributed by atoms with Gasteiger partial charge < -0.3 is 24.3 Å². The van der Waals surface area contributed by atoms with Gasteiger partial charge in [0.2, 0.25) is 6.79 Å². The molecule has 1 N–H and O–H groups in total. The van der Waals surface area contributed by atoms with E-state index in [1.165, 1.54) is 4.90 Å². The first kappa shape index (κ1) is 17.0. The number of ether oxygens (including phenoxy) is 4. The lowest BCUT2D eigenvalue weighted by Crippen LogP contribution is -2.34. The van der Waals surface area contributed by atoms with E-state index in [2.05, 4.69) is 5.32 Å². The molecule has 0 aliphatic carbocycles. The van der Waals surface area contributed by atoms with Gasteiger partial charge in [0, 0.05) is 11.6 Å². The minimum absolute atomic E-state index is 0.151. The number of nitrogens with zero attached hydrogens (tertiary/aromatic N) is 1. The molecule has 1 saturated heterocycles. The van der Waals surface area contributed by atoms with E-state index in [4.69, 9.17) is 18.9 Å². The summed E-state index contributed by atoms with van der Waals surface area (Å²) in [6.07, 6.45) is -0.896. The average molecular weight is 370 g/mol. The Morgan fingerprint density at radius 3 is 2.93 bits per heavy atom. The van der Waals surface area contributed by atoms with Crippen LogP contribution in [0.25, 0.3) is 0 Å². The van der Waals surface area contributed by atoms with Gasteiger partial charge in [-0.15, -0.1) is 0 Å². The number of benzene rings is 2. The predicted molar refractivity (Wildman–Crippen MR) is 95.5 cm³/mol. The van der Waals surface area contributed by atoms with Crippen molar-refractivity contribution < 1.29 is 28.5 Å². The Hall–Kier alpha value is -3.42. The maximum atomic E-state index is 12.3. The molecule has 0 spiro atoms. The van der Waals surface area contributed by atoms with Crippen molar-refractivity contribution in [3.05, 3.63) is 48.0 Å². The van der Waals surface area contributed by atoms with E-state index in [1.807, 2.05) is 0 Å². The molecule has 0 saturated carbocycles. The summed E-state index contributed by atoms with van der Waals surface area (Å²) in [5, 5.41) is 2.78. The zero-order valence-corrected chi connectivity index (χ0v) is 14.6. The molecule has 0 bridgehead atoms. The van der Waals surface area contributed by atoms with E-state index in [-0.39, 0.29) is 19.2 Å². The Balaban J connectivity index is 1.36. The van der Waals surface area contributed by atoms with Crippen LogP contribution < -0.4 is 24.4 Å². The summed E-state index contributed by atoms with van der Waals surface area (Å²) in [5.74, 6) is 1.54. The van der Waals surface area contributed by atoms with Crippen LogP contribution in [0.15, 0.2) is 42.5 Å². The number of fused-ring (bicyclic) bond motifs is 1. The van der Waals surface area contributed by atoms with Crippen molar-refractivity contribution in [2.75, 3.05) is 31.9 Å². The second-order valence-corrected chi connectivity index (χ2v) is 6.10. The Morgan fingerprint density at radius 1 is 1.22 bits per heavy atom. The second kappa shape index (κ2) is 7.06. The zero-order chi connectivity index (χ0) is 18.8. The third-order valence-electron chi connectivity index (χ3n) is 4.36. The van der Waals surface area contributed by atoms with Crippen LogP contribution in [0.3, 0.4) is 0 Å². The molecule has 0 aromatic heterocycles. The molecule has 2 aromatic carbocycles. The van der Waals surface area contributed by atoms with Crippen molar-refractivity contribution in [2.24, 2.45) is 0 Å². The van der Waals surface area contributed by atoms with Crippen LogP contribution in [-0.2, 0) is 4.74 Å². The van der Waals surface area contributed by atoms with Crippen LogP contribution in [0.1, 0.15) is 10.4 Å². The fourth-order valence-corrected chi connectivity index (χ4v) is 2.96. The van der Waals surface area contributed by atoms with Gasteiger partial charge in [0.15, 0.2) is 11.5 Å². The van der Waals surface area contributed by atoms with Gasteiger partial charge in [0.05, 0.1) is 25.9 Å². The third kappa shape index (κ3) is 3.46. The number of anilines is 1. The molecule has 8 nitrogen and oxygen atoms in total. The lowest BCUT2D eigenvalue weighted by atomic mass is 10.2. The number of amides is 2. The molecule has 1 unspecified atom stereocenters. The van der Waals surface area contributed by atoms with Gasteiger partial charge in [-0.3, -0.25) is 9.69 Å². The monoisotopic (exact) mass is 370 g/mol. The number of carbonyl (C=O) groups is 2. The highest BCUT2D eigenvalue weighted by Gasteiger charge is 2.32. The molecular weight excluding hydrogens is 352 g/mol. The van der Waals surface area contributed by atoms with Gasteiger partial charge in [0.1, 0.15) is 11.9 Å². The predicted octanol–water partition coefficient (Wildman–Crippen LogP) is 2.18. The van der Waals surface area contributed by atoms with Gasteiger partial charge in [-0.2, -0.15) is 0 Å². The standard InChI is InChI=1S/C19H18N2O6/c1-24-14-4-2-3-13(8-14)21-10-15(27-19(21)23)9-20-18(22)12-5-6-16-17(7-12)26-11-25-16/h2-8,15H,9-11H2,1H3,(H,20,22). The van der Waals surface area contributed by atoms with Crippen LogP contribution in [0.4, 0.5) is 10.5 Å². The second-order valence-electron chi connectivity index (χ2n) is 6.10. The maximum absolute atomic E-state index is 12.3. The number of rotatable bonds is 5. The number of hydrogen-bond donors (Lipinski definition) is 1. The molecular formula is C19H18N2O6. The smallest absolute Gasteiger partial charge is 0.414 e. The van der Waals surface area contributed by atoms with Gasteiger partial charge >= 0.3 is 6.09 Å². The van der Waals surface area contributed by atoms with Crippen molar-refractivity contribution >= 4 is 17.7 Å². The summed E-state index contributed by atoms with van der Waals surface area (Å²) in [6.45, 7) is 0.700. The lowest BCUT2D eigenvalue weighted by molar-refractivity contribution is 0.0915. The largest absolute Gasteiger partial charge is 0.497 e. The minimum atomic E-state index is -0.453. The van der Waals surface area contributed by atoms with E-state index < -0.39 is 12.2 Å². The molecule has 1 atom stereocenters. The number of methoxy groups -OCH3 is 1. The SMILES string of the molecule is COc1cccc(N2CC(CNC(=O)c3ccc4c(c3)OCO4)OC2=O)c1. The first-order valence-corrected chi connectivity index (χ1v) is 8.44. The summed E-state index contributed by atoms with van der Waals surface area (Å²) in [6, 6.07) is 12.1. The van der Waals surface area contributed by atoms with Gasteiger partial charge in [0.25, 0.3) is 5.91 Å². The number of hydrogen-bond acceptors (Lipinski definition) is 6. The van der Waals surface area contributed by atoms with E-state index in [0.29, 0.717) is 35.0 Å². The highest BCUT2D eigenvalue weighted by atomic mass is 16.7. The maximum Gasteiger partial charge on any atom is 0.414 e. The first-order valence-electron chi connectivity index (χ1n) is 8.44. The Labute approximate surface area is 155 Å². The summed E-state index contributed by atoms with van der Waals surface area (Å²) in [5.41, 5.74) is 1.14. The highest BCUT2D eigenvalue weighted by molar-refractivity contribution is 5.95. The summed E-state index contributed by atoms with van der Waals surface area (Å²) < 4.78 is 21.0. The third-order valence-corrected chi connectivity index (χ3v) is 4.36. The van der Waals surface area contributed by atoms with Gasteiger partial charge in [-0.25, -0.2) is 4.79 Å². The average Bonchev–Trinajstić information content (AvgIpc) is 3.31. The molecule has 2 amide bonds. The van der Waals surface area contributed by atoms with E-state index in [0.717, 1.165) is 0 Å². The normalized spacial score (nSPS) is 17.6. The van der Waals surface area contributed by atoms with Crippen LogP contribution in [-0.4, -0.2) is 45.1 Å². The molecule has 140 valence electrons. The minimum Gasteiger partial charge on any atom is -0.497 e. The van der Waals surface area contributed by atoms with E-state index in [1.54, 1.807) is 49.6 Å². The van der Waals surface area contributed by atoms with Crippen molar-refractivity contribution in [1.82, 2.24) is 5.32 Å². The summed E-state index contributed by atoms with van der Waals surface area (Å²) in [7, 11) is 1.57. The lowest BCUT2D eigenvalue weighted by Gasteiger charge is -2.14. The summed E-state index contributed by atoms with van der Waals surface area (Å²) >= 11 is 0. The fourth-order valence-electron chi connectivity index (χ4n) is 2.96. The Kier molecular flexibility index (Phi) is 4.45. The van der Waals surface area contributed by atoms with Crippen LogP contribution >= 0.6 is 0 Å². The molecule has 2 aliphatic rings. The van der Waals surface area contributed by atoms with Crippen molar-refractivity contribution in [3.8, 4) is 17.2 Å². The van der Waals surface area contributed by atoms with Crippen LogP contribution in [0.2, 0.25) is 0 Å². The highest BCUT2D eigenvalue weighted by Crippen LogP contribution is 2.32.